The van der Waals surface area contributed by atoms with Gasteiger partial charge in [-0.25, -0.2) is 14.8 Å². The van der Waals surface area contributed by atoms with E-state index in [2.05, 4.69) is 19.9 Å². The van der Waals surface area contributed by atoms with E-state index in [4.69, 9.17) is 11.5 Å². The van der Waals surface area contributed by atoms with Gasteiger partial charge in [-0.2, -0.15) is 4.98 Å². The molecule has 2 heterocycles. The van der Waals surface area contributed by atoms with Gasteiger partial charge in [-0.3, -0.25) is 4.98 Å². The molecule has 0 spiro atoms. The van der Waals surface area contributed by atoms with E-state index in [-0.39, 0.29) is 17.3 Å². The van der Waals surface area contributed by atoms with Crippen molar-refractivity contribution in [2.24, 2.45) is 0 Å². The second-order valence-electron chi connectivity index (χ2n) is 3.95. The average Bonchev–Trinajstić information content (AvgIpc) is 2.38. The van der Waals surface area contributed by atoms with Crippen LogP contribution in [0.5, 0.6) is 0 Å². The van der Waals surface area contributed by atoms with E-state index in [1.807, 2.05) is 30.3 Å². The molecule has 0 saturated carbocycles. The molecule has 0 aliphatic rings. The molecule has 2 aromatic heterocycles. The number of aromatic amines is 1. The molecule has 0 aliphatic carbocycles. The van der Waals surface area contributed by atoms with Crippen molar-refractivity contribution in [3.63, 3.8) is 0 Å². The number of nitrogen functional groups attached to an aromatic ring is 2. The molecule has 0 radical (unpaired) electrons. The molecular formula is C12H10N6O. The van der Waals surface area contributed by atoms with Crippen molar-refractivity contribution in [3.05, 3.63) is 40.8 Å². The van der Waals surface area contributed by atoms with Crippen LogP contribution in [0.25, 0.3) is 22.4 Å². The minimum absolute atomic E-state index is 0.125. The molecule has 94 valence electrons. The van der Waals surface area contributed by atoms with E-state index >= 15 is 0 Å². The van der Waals surface area contributed by atoms with Crippen molar-refractivity contribution in [3.8, 4) is 11.3 Å². The van der Waals surface area contributed by atoms with E-state index in [0.29, 0.717) is 11.2 Å². The van der Waals surface area contributed by atoms with Crippen LogP contribution in [0.3, 0.4) is 0 Å². The van der Waals surface area contributed by atoms with E-state index in [1.54, 1.807) is 0 Å². The summed E-state index contributed by atoms with van der Waals surface area (Å²) in [5.74, 6) is 0.330. The Morgan fingerprint density at radius 2 is 1.74 bits per heavy atom. The van der Waals surface area contributed by atoms with Crippen molar-refractivity contribution in [1.82, 2.24) is 19.9 Å². The predicted octanol–water partition coefficient (Wildman–Crippen LogP) is 0.544. The van der Waals surface area contributed by atoms with Gasteiger partial charge in [0.05, 0.1) is 0 Å². The highest BCUT2D eigenvalue weighted by molar-refractivity contribution is 5.85. The topological polar surface area (TPSA) is 124 Å². The van der Waals surface area contributed by atoms with Crippen LogP contribution in [-0.4, -0.2) is 19.9 Å². The molecule has 0 aliphatic heterocycles. The largest absolute Gasteiger partial charge is 0.383 e. The summed E-state index contributed by atoms with van der Waals surface area (Å²) in [4.78, 5) is 25.7. The van der Waals surface area contributed by atoms with Crippen molar-refractivity contribution < 1.29 is 0 Å². The molecule has 0 bridgehead atoms. The summed E-state index contributed by atoms with van der Waals surface area (Å²) >= 11 is 0. The van der Waals surface area contributed by atoms with Crippen LogP contribution < -0.4 is 17.2 Å². The van der Waals surface area contributed by atoms with Gasteiger partial charge in [-0.1, -0.05) is 30.3 Å². The van der Waals surface area contributed by atoms with Crippen LogP contribution in [0.1, 0.15) is 0 Å². The maximum atomic E-state index is 11.2. The standard InChI is InChI=1S/C12H10N6O/c13-9-7(6-4-2-1-3-5-6)15-8-10(14)17-12(19)18-11(8)16-9/h1-5H,(H5,13,14,16,17,18,19). The zero-order valence-corrected chi connectivity index (χ0v) is 9.79. The SMILES string of the molecule is Nc1nc2nc(=O)[nH]c(N)c2nc1-c1ccccc1. The van der Waals surface area contributed by atoms with Crippen molar-refractivity contribution in [2.45, 2.75) is 0 Å². The minimum Gasteiger partial charge on any atom is -0.383 e. The summed E-state index contributed by atoms with van der Waals surface area (Å²) in [5, 5.41) is 0. The Bertz CT molecular complexity index is 812. The van der Waals surface area contributed by atoms with Gasteiger partial charge in [0.2, 0.25) is 0 Å². The molecule has 1 aromatic carbocycles. The molecule has 3 aromatic rings. The number of anilines is 2. The number of aromatic nitrogens is 4. The molecule has 0 unspecified atom stereocenters. The molecule has 5 N–H and O–H groups in total. The first-order chi connectivity index (χ1) is 9.15. The number of nitrogens with one attached hydrogen (secondary N) is 1. The Morgan fingerprint density at radius 1 is 1.00 bits per heavy atom. The summed E-state index contributed by atoms with van der Waals surface area (Å²) in [5.41, 5.74) is 12.8. The number of nitrogens with zero attached hydrogens (tertiary/aromatic N) is 3. The van der Waals surface area contributed by atoms with E-state index in [1.165, 1.54) is 0 Å². The number of nitrogens with two attached hydrogens (primary N) is 2. The minimum atomic E-state index is -0.578. The number of H-pyrrole nitrogens is 1. The highest BCUT2D eigenvalue weighted by Crippen LogP contribution is 2.24. The fraction of sp³-hybridized carbons (Fsp3) is 0. The maximum absolute atomic E-state index is 11.2. The summed E-state index contributed by atoms with van der Waals surface area (Å²) in [6.45, 7) is 0. The number of hydrogen-bond acceptors (Lipinski definition) is 6. The van der Waals surface area contributed by atoms with Gasteiger partial charge in [0, 0.05) is 5.56 Å². The second kappa shape index (κ2) is 4.05. The van der Waals surface area contributed by atoms with Crippen LogP contribution in [0, 0.1) is 0 Å². The molecule has 0 atom stereocenters. The Labute approximate surface area is 107 Å². The molecular weight excluding hydrogens is 244 g/mol. The Morgan fingerprint density at radius 3 is 2.47 bits per heavy atom. The van der Waals surface area contributed by atoms with Gasteiger partial charge in [0.15, 0.2) is 11.5 Å². The lowest BCUT2D eigenvalue weighted by atomic mass is 10.1. The number of fused-ring (bicyclic) bond motifs is 1. The highest BCUT2D eigenvalue weighted by atomic mass is 16.1. The zero-order valence-electron chi connectivity index (χ0n) is 9.79. The quantitative estimate of drug-likeness (QED) is 0.582. The van der Waals surface area contributed by atoms with Crippen molar-refractivity contribution in [2.75, 3.05) is 11.5 Å². The Hall–Kier alpha value is -2.96. The monoisotopic (exact) mass is 254 g/mol. The third-order valence-electron chi connectivity index (χ3n) is 2.66. The van der Waals surface area contributed by atoms with Crippen LogP contribution in [-0.2, 0) is 0 Å². The summed E-state index contributed by atoms with van der Waals surface area (Å²) in [6, 6.07) is 9.36. The smallest absolute Gasteiger partial charge is 0.348 e. The maximum Gasteiger partial charge on any atom is 0.348 e. The normalized spacial score (nSPS) is 10.7. The second-order valence-corrected chi connectivity index (χ2v) is 3.95. The molecule has 7 nitrogen and oxygen atoms in total. The van der Waals surface area contributed by atoms with Gasteiger partial charge in [0.1, 0.15) is 17.0 Å². The third kappa shape index (κ3) is 1.86. The van der Waals surface area contributed by atoms with E-state index in [9.17, 15) is 4.79 Å². The fourth-order valence-corrected chi connectivity index (χ4v) is 1.80. The highest BCUT2D eigenvalue weighted by Gasteiger charge is 2.11. The van der Waals surface area contributed by atoms with Crippen LogP contribution in [0.2, 0.25) is 0 Å². The fourth-order valence-electron chi connectivity index (χ4n) is 1.80. The van der Waals surface area contributed by atoms with E-state index < -0.39 is 5.69 Å². The number of hydrogen-bond donors (Lipinski definition) is 3. The van der Waals surface area contributed by atoms with Gasteiger partial charge < -0.3 is 11.5 Å². The van der Waals surface area contributed by atoms with E-state index in [0.717, 1.165) is 5.56 Å². The van der Waals surface area contributed by atoms with Crippen molar-refractivity contribution >= 4 is 22.8 Å². The Kier molecular flexibility index (Phi) is 2.38. The van der Waals surface area contributed by atoms with Crippen LogP contribution in [0.4, 0.5) is 11.6 Å². The summed E-state index contributed by atoms with van der Waals surface area (Å²) < 4.78 is 0. The molecule has 19 heavy (non-hydrogen) atoms. The van der Waals surface area contributed by atoms with Gasteiger partial charge in [0.25, 0.3) is 0 Å². The number of benzene rings is 1. The number of rotatable bonds is 1. The average molecular weight is 254 g/mol. The first-order valence-corrected chi connectivity index (χ1v) is 5.53. The van der Waals surface area contributed by atoms with Gasteiger partial charge in [-0.05, 0) is 0 Å². The lowest BCUT2D eigenvalue weighted by molar-refractivity contribution is 1.09. The van der Waals surface area contributed by atoms with Crippen LogP contribution in [0.15, 0.2) is 35.1 Å². The predicted molar refractivity (Wildman–Crippen MR) is 72.2 cm³/mol. The molecule has 0 saturated heterocycles. The van der Waals surface area contributed by atoms with Gasteiger partial charge >= 0.3 is 5.69 Å². The lowest BCUT2D eigenvalue weighted by Gasteiger charge is -2.06. The first kappa shape index (κ1) is 11.1. The molecule has 3 rings (SSSR count). The van der Waals surface area contributed by atoms with Crippen molar-refractivity contribution in [1.29, 1.82) is 0 Å². The third-order valence-corrected chi connectivity index (χ3v) is 2.66. The Balaban J connectivity index is 2.34. The molecule has 0 amide bonds. The first-order valence-electron chi connectivity index (χ1n) is 5.53. The van der Waals surface area contributed by atoms with Gasteiger partial charge in [-0.15, -0.1) is 0 Å². The summed E-state index contributed by atoms with van der Waals surface area (Å²) in [7, 11) is 0. The molecule has 0 fully saturated rings. The molecule has 7 heteroatoms. The lowest BCUT2D eigenvalue weighted by Crippen LogP contribution is -2.15. The zero-order chi connectivity index (χ0) is 13.4. The summed E-state index contributed by atoms with van der Waals surface area (Å²) in [6.07, 6.45) is 0. The van der Waals surface area contributed by atoms with Crippen LogP contribution >= 0.6 is 0 Å².